The van der Waals surface area contributed by atoms with Crippen LogP contribution in [0.25, 0.3) is 0 Å². The van der Waals surface area contributed by atoms with Crippen LogP contribution < -0.4 is 0 Å². The lowest BCUT2D eigenvalue weighted by molar-refractivity contribution is -0.141. The van der Waals surface area contributed by atoms with E-state index in [1.165, 1.54) is 0 Å². The van der Waals surface area contributed by atoms with Gasteiger partial charge >= 0.3 is 11.9 Å². The molecule has 7 heteroatoms. The van der Waals surface area contributed by atoms with Crippen LogP contribution in [-0.4, -0.2) is 28.9 Å². The first kappa shape index (κ1) is 16.6. The molecule has 0 fully saturated rings. The van der Waals surface area contributed by atoms with Crippen molar-refractivity contribution in [3.8, 4) is 0 Å². The standard InChI is InChI=1S/C10H13Cl3O4/c1-7(2)5-16-8(14)3-4-9(15)17-6-10(11,12)13/h3-4,7H,5-6H2,1-2H3/b4-3+. The Bertz CT molecular complexity index is 294. The minimum Gasteiger partial charge on any atom is -0.462 e. The highest BCUT2D eigenvalue weighted by Crippen LogP contribution is 2.25. The number of esters is 2. The van der Waals surface area contributed by atoms with Crippen LogP contribution in [0.2, 0.25) is 0 Å². The SMILES string of the molecule is CC(C)COC(=O)/C=C/C(=O)OCC(Cl)(Cl)Cl. The van der Waals surface area contributed by atoms with E-state index in [2.05, 4.69) is 4.74 Å². The number of rotatable bonds is 5. The zero-order valence-electron chi connectivity index (χ0n) is 9.41. The molecule has 0 spiro atoms. The summed E-state index contributed by atoms with van der Waals surface area (Å²) in [5.41, 5.74) is 0. The molecule has 0 aliphatic heterocycles. The monoisotopic (exact) mass is 302 g/mol. The third kappa shape index (κ3) is 11.8. The van der Waals surface area contributed by atoms with E-state index in [4.69, 9.17) is 39.5 Å². The second kappa shape index (κ2) is 7.80. The molecular formula is C10H13Cl3O4. The van der Waals surface area contributed by atoms with Crippen molar-refractivity contribution < 1.29 is 19.1 Å². The number of ether oxygens (including phenoxy) is 2. The lowest BCUT2D eigenvalue weighted by Crippen LogP contribution is -2.16. The highest BCUT2D eigenvalue weighted by molar-refractivity contribution is 6.67. The molecule has 0 saturated heterocycles. The molecule has 0 aliphatic carbocycles. The van der Waals surface area contributed by atoms with Crippen molar-refractivity contribution in [2.75, 3.05) is 13.2 Å². The van der Waals surface area contributed by atoms with Gasteiger partial charge in [0.1, 0.15) is 6.61 Å². The molecule has 0 heterocycles. The maximum Gasteiger partial charge on any atom is 0.331 e. The van der Waals surface area contributed by atoms with E-state index in [0.717, 1.165) is 12.2 Å². The van der Waals surface area contributed by atoms with Gasteiger partial charge in [0, 0.05) is 12.2 Å². The van der Waals surface area contributed by atoms with Gasteiger partial charge in [0.25, 0.3) is 0 Å². The van der Waals surface area contributed by atoms with Crippen LogP contribution in [0.3, 0.4) is 0 Å². The van der Waals surface area contributed by atoms with Gasteiger partial charge in [-0.1, -0.05) is 48.7 Å². The van der Waals surface area contributed by atoms with Crippen molar-refractivity contribution in [1.29, 1.82) is 0 Å². The molecule has 0 aromatic rings. The van der Waals surface area contributed by atoms with Crippen molar-refractivity contribution in [2.45, 2.75) is 17.6 Å². The number of halogens is 3. The third-order valence-electron chi connectivity index (χ3n) is 1.29. The Kier molecular flexibility index (Phi) is 7.59. The molecular weight excluding hydrogens is 290 g/mol. The average Bonchev–Trinajstić information content (AvgIpc) is 2.19. The summed E-state index contributed by atoms with van der Waals surface area (Å²) in [5.74, 6) is -1.17. The van der Waals surface area contributed by atoms with Crippen molar-refractivity contribution in [3.63, 3.8) is 0 Å². The van der Waals surface area contributed by atoms with Crippen LogP contribution in [0.4, 0.5) is 0 Å². The van der Waals surface area contributed by atoms with Gasteiger partial charge in [0.15, 0.2) is 0 Å². The fourth-order valence-electron chi connectivity index (χ4n) is 0.634. The molecule has 0 N–H and O–H groups in total. The van der Waals surface area contributed by atoms with E-state index in [0.29, 0.717) is 0 Å². The fourth-order valence-corrected chi connectivity index (χ4v) is 0.798. The largest absolute Gasteiger partial charge is 0.462 e. The van der Waals surface area contributed by atoms with Gasteiger partial charge in [-0.15, -0.1) is 0 Å². The molecule has 0 unspecified atom stereocenters. The smallest absolute Gasteiger partial charge is 0.331 e. The number of hydrogen-bond donors (Lipinski definition) is 0. The summed E-state index contributed by atoms with van der Waals surface area (Å²) in [4.78, 5) is 22.1. The molecule has 0 amide bonds. The van der Waals surface area contributed by atoms with E-state index in [9.17, 15) is 9.59 Å². The lowest BCUT2D eigenvalue weighted by Gasteiger charge is -2.09. The van der Waals surface area contributed by atoms with Crippen molar-refractivity contribution in [1.82, 2.24) is 0 Å². The van der Waals surface area contributed by atoms with Crippen LogP contribution in [0.5, 0.6) is 0 Å². The highest BCUT2D eigenvalue weighted by Gasteiger charge is 2.21. The van der Waals surface area contributed by atoms with Crippen molar-refractivity contribution in [2.24, 2.45) is 5.92 Å². The third-order valence-corrected chi connectivity index (χ3v) is 1.62. The molecule has 0 radical (unpaired) electrons. The number of hydrogen-bond acceptors (Lipinski definition) is 4. The minimum atomic E-state index is -1.67. The minimum absolute atomic E-state index is 0.226. The zero-order valence-corrected chi connectivity index (χ0v) is 11.7. The Hall–Kier alpha value is -0.450. The summed E-state index contributed by atoms with van der Waals surface area (Å²) in [6, 6.07) is 0. The Balaban J connectivity index is 3.91. The fraction of sp³-hybridized carbons (Fsp3) is 0.600. The maximum atomic E-state index is 11.1. The Morgan fingerprint density at radius 3 is 2.00 bits per heavy atom. The van der Waals surface area contributed by atoms with E-state index < -0.39 is 15.7 Å². The van der Waals surface area contributed by atoms with Crippen molar-refractivity contribution >= 4 is 46.7 Å². The lowest BCUT2D eigenvalue weighted by atomic mass is 10.2. The molecule has 0 saturated carbocycles. The van der Waals surface area contributed by atoms with E-state index in [1.54, 1.807) is 0 Å². The van der Waals surface area contributed by atoms with Gasteiger partial charge in [-0.05, 0) is 5.92 Å². The summed E-state index contributed by atoms with van der Waals surface area (Å²) < 4.78 is 7.68. The molecule has 0 bridgehead atoms. The first-order valence-corrected chi connectivity index (χ1v) is 5.92. The molecule has 0 aliphatic rings. The van der Waals surface area contributed by atoms with E-state index in [-0.39, 0.29) is 19.1 Å². The Morgan fingerprint density at radius 1 is 1.12 bits per heavy atom. The highest BCUT2D eigenvalue weighted by atomic mass is 35.6. The second-order valence-corrected chi connectivity index (χ2v) is 6.10. The number of carbonyl (C=O) groups is 2. The summed E-state index contributed by atoms with van der Waals surface area (Å²) in [6.45, 7) is 3.69. The van der Waals surface area contributed by atoms with Gasteiger partial charge in [0.05, 0.1) is 6.61 Å². The van der Waals surface area contributed by atoms with Gasteiger partial charge in [-0.25, -0.2) is 9.59 Å². The predicted molar refractivity (Wildman–Crippen MR) is 66.2 cm³/mol. The summed E-state index contributed by atoms with van der Waals surface area (Å²) in [5, 5.41) is 0. The number of carbonyl (C=O) groups excluding carboxylic acids is 2. The van der Waals surface area contributed by atoms with Crippen LogP contribution in [-0.2, 0) is 19.1 Å². The molecule has 0 aromatic heterocycles. The Morgan fingerprint density at radius 2 is 1.59 bits per heavy atom. The summed E-state index contributed by atoms with van der Waals surface area (Å²) in [7, 11) is 0. The topological polar surface area (TPSA) is 52.6 Å². The predicted octanol–water partition coefficient (Wildman–Crippen LogP) is 2.66. The molecule has 98 valence electrons. The van der Waals surface area contributed by atoms with Gasteiger partial charge in [0.2, 0.25) is 3.79 Å². The van der Waals surface area contributed by atoms with Crippen LogP contribution in [0, 0.1) is 5.92 Å². The van der Waals surface area contributed by atoms with Crippen molar-refractivity contribution in [3.05, 3.63) is 12.2 Å². The van der Waals surface area contributed by atoms with Gasteiger partial charge < -0.3 is 9.47 Å². The van der Waals surface area contributed by atoms with Crippen LogP contribution in [0.15, 0.2) is 12.2 Å². The first-order chi connectivity index (χ1) is 7.70. The van der Waals surface area contributed by atoms with E-state index in [1.807, 2.05) is 13.8 Å². The normalized spacial score (nSPS) is 11.9. The molecule has 4 nitrogen and oxygen atoms in total. The zero-order chi connectivity index (χ0) is 13.5. The Labute approximate surface area is 115 Å². The maximum absolute atomic E-state index is 11.1. The molecule has 17 heavy (non-hydrogen) atoms. The van der Waals surface area contributed by atoms with Crippen LogP contribution in [0.1, 0.15) is 13.8 Å². The molecule has 0 rings (SSSR count). The average molecular weight is 304 g/mol. The quantitative estimate of drug-likeness (QED) is 0.445. The second-order valence-electron chi connectivity index (χ2n) is 3.58. The van der Waals surface area contributed by atoms with Crippen LogP contribution >= 0.6 is 34.8 Å². The van der Waals surface area contributed by atoms with Gasteiger partial charge in [-0.2, -0.15) is 0 Å². The molecule has 0 aromatic carbocycles. The van der Waals surface area contributed by atoms with Gasteiger partial charge in [-0.3, -0.25) is 0 Å². The summed E-state index contributed by atoms with van der Waals surface area (Å²) in [6.07, 6.45) is 1.88. The number of alkyl halides is 3. The van der Waals surface area contributed by atoms with E-state index >= 15 is 0 Å². The molecule has 0 atom stereocenters. The first-order valence-electron chi connectivity index (χ1n) is 4.79. The summed E-state index contributed by atoms with van der Waals surface area (Å²) >= 11 is 16.1.